The molecule has 0 amide bonds. The summed E-state index contributed by atoms with van der Waals surface area (Å²) in [5.41, 5.74) is 1.08. The van der Waals surface area contributed by atoms with Gasteiger partial charge in [-0.25, -0.2) is 4.39 Å². The maximum absolute atomic E-state index is 13.2. The van der Waals surface area contributed by atoms with Crippen LogP contribution in [0.3, 0.4) is 0 Å². The number of nitrogens with one attached hydrogen (secondary N) is 2. The van der Waals surface area contributed by atoms with Crippen molar-refractivity contribution in [2.75, 3.05) is 33.4 Å². The molecule has 1 aromatic carbocycles. The van der Waals surface area contributed by atoms with Crippen LogP contribution in [0.1, 0.15) is 24.8 Å². The summed E-state index contributed by atoms with van der Waals surface area (Å²) in [7, 11) is 1.76. The van der Waals surface area contributed by atoms with Gasteiger partial charge in [0, 0.05) is 33.4 Å². The van der Waals surface area contributed by atoms with Gasteiger partial charge in [-0.1, -0.05) is 6.07 Å². The minimum Gasteiger partial charge on any atom is -0.381 e. The fourth-order valence-corrected chi connectivity index (χ4v) is 2.58. The number of aliphatic imine (C=N–C) groups is 1. The standard InChI is InChI=1S/C17H25BrFN3O.HI/c1-20-17(21-8-2-10-23-12-14-3-4-14)22-9-7-13-5-6-16(19)15(18)11-13;/h5-6,11,14H,2-4,7-10,12H2,1H3,(H2,20,21,22);1H. The zero-order valence-electron chi connectivity index (χ0n) is 14.0. The molecule has 0 heterocycles. The number of hydrogen-bond donors (Lipinski definition) is 2. The summed E-state index contributed by atoms with van der Waals surface area (Å²) in [5, 5.41) is 6.53. The molecule has 24 heavy (non-hydrogen) atoms. The molecule has 1 aliphatic carbocycles. The van der Waals surface area contributed by atoms with Crippen molar-refractivity contribution >= 4 is 45.9 Å². The molecule has 1 fully saturated rings. The van der Waals surface area contributed by atoms with E-state index in [1.165, 1.54) is 18.9 Å². The summed E-state index contributed by atoms with van der Waals surface area (Å²) in [6.07, 6.45) is 4.45. The molecule has 2 N–H and O–H groups in total. The fourth-order valence-electron chi connectivity index (χ4n) is 2.16. The molecule has 0 aromatic heterocycles. The molecule has 0 radical (unpaired) electrons. The molecule has 0 bridgehead atoms. The number of ether oxygens (including phenoxy) is 1. The second-order valence-electron chi connectivity index (χ2n) is 5.80. The van der Waals surface area contributed by atoms with Crippen molar-refractivity contribution in [1.29, 1.82) is 0 Å². The first kappa shape index (κ1) is 21.6. The first-order valence-electron chi connectivity index (χ1n) is 8.15. The second kappa shape index (κ2) is 12.0. The molecular formula is C17H26BrFIN3O. The van der Waals surface area contributed by atoms with Crippen LogP contribution < -0.4 is 10.6 Å². The van der Waals surface area contributed by atoms with Gasteiger partial charge in [-0.15, -0.1) is 24.0 Å². The van der Waals surface area contributed by atoms with Crippen LogP contribution in [0.25, 0.3) is 0 Å². The summed E-state index contributed by atoms with van der Waals surface area (Å²) in [4.78, 5) is 4.19. The fraction of sp³-hybridized carbons (Fsp3) is 0.588. The predicted octanol–water partition coefficient (Wildman–Crippen LogP) is 3.73. The summed E-state index contributed by atoms with van der Waals surface area (Å²) in [6, 6.07) is 5.09. The van der Waals surface area contributed by atoms with Crippen molar-refractivity contribution < 1.29 is 9.13 Å². The van der Waals surface area contributed by atoms with Gasteiger partial charge in [0.1, 0.15) is 5.82 Å². The van der Waals surface area contributed by atoms with Gasteiger partial charge in [-0.05, 0) is 65.2 Å². The average Bonchev–Trinajstić information content (AvgIpc) is 3.36. The molecule has 0 unspecified atom stereocenters. The minimum absolute atomic E-state index is 0. The highest BCUT2D eigenvalue weighted by atomic mass is 127. The molecular weight excluding hydrogens is 488 g/mol. The Bertz CT molecular complexity index is 527. The van der Waals surface area contributed by atoms with E-state index in [1.807, 2.05) is 6.07 Å². The maximum Gasteiger partial charge on any atom is 0.190 e. The Hall–Kier alpha value is -0.410. The van der Waals surface area contributed by atoms with E-state index in [2.05, 4.69) is 31.6 Å². The number of benzene rings is 1. The average molecular weight is 514 g/mol. The van der Waals surface area contributed by atoms with Crippen LogP contribution in [0.2, 0.25) is 0 Å². The topological polar surface area (TPSA) is 45.7 Å². The Labute approximate surface area is 169 Å². The summed E-state index contributed by atoms with van der Waals surface area (Å²) in [5.74, 6) is 1.38. The van der Waals surface area contributed by atoms with Crippen molar-refractivity contribution in [3.05, 3.63) is 34.1 Å². The van der Waals surface area contributed by atoms with Crippen molar-refractivity contribution in [2.24, 2.45) is 10.9 Å². The van der Waals surface area contributed by atoms with Crippen LogP contribution in [0.15, 0.2) is 27.7 Å². The number of rotatable bonds is 9. The lowest BCUT2D eigenvalue weighted by Crippen LogP contribution is -2.39. The highest BCUT2D eigenvalue weighted by molar-refractivity contribution is 14.0. The number of halogens is 3. The lowest BCUT2D eigenvalue weighted by molar-refractivity contribution is 0.123. The molecule has 0 saturated heterocycles. The molecule has 0 spiro atoms. The third-order valence-corrected chi connectivity index (χ3v) is 4.33. The van der Waals surface area contributed by atoms with Gasteiger partial charge in [0.05, 0.1) is 4.47 Å². The van der Waals surface area contributed by atoms with E-state index in [4.69, 9.17) is 4.74 Å². The molecule has 2 rings (SSSR count). The quantitative estimate of drug-likeness (QED) is 0.229. The Morgan fingerprint density at radius 3 is 2.75 bits per heavy atom. The van der Waals surface area contributed by atoms with Crippen molar-refractivity contribution in [1.82, 2.24) is 10.6 Å². The summed E-state index contributed by atoms with van der Waals surface area (Å²) in [6.45, 7) is 3.30. The first-order valence-corrected chi connectivity index (χ1v) is 8.94. The zero-order chi connectivity index (χ0) is 16.5. The van der Waals surface area contributed by atoms with Gasteiger partial charge >= 0.3 is 0 Å². The van der Waals surface area contributed by atoms with Gasteiger partial charge in [0.2, 0.25) is 0 Å². The van der Waals surface area contributed by atoms with Crippen molar-refractivity contribution in [3.8, 4) is 0 Å². The van der Waals surface area contributed by atoms with E-state index in [9.17, 15) is 4.39 Å². The van der Waals surface area contributed by atoms with E-state index >= 15 is 0 Å². The van der Waals surface area contributed by atoms with Crippen LogP contribution in [0, 0.1) is 11.7 Å². The van der Waals surface area contributed by atoms with E-state index in [1.54, 1.807) is 13.1 Å². The van der Waals surface area contributed by atoms with E-state index in [0.29, 0.717) is 4.47 Å². The first-order chi connectivity index (χ1) is 11.2. The minimum atomic E-state index is -0.233. The molecule has 0 aliphatic heterocycles. The molecule has 1 aliphatic rings. The Balaban J connectivity index is 0.00000288. The molecule has 7 heteroatoms. The van der Waals surface area contributed by atoms with Crippen LogP contribution in [-0.2, 0) is 11.2 Å². The van der Waals surface area contributed by atoms with Crippen LogP contribution in [0.5, 0.6) is 0 Å². The predicted molar refractivity (Wildman–Crippen MR) is 111 cm³/mol. The Kier molecular flexibility index (Phi) is 10.8. The van der Waals surface area contributed by atoms with Gasteiger partial charge in [-0.3, -0.25) is 4.99 Å². The highest BCUT2D eigenvalue weighted by Gasteiger charge is 2.20. The van der Waals surface area contributed by atoms with Crippen molar-refractivity contribution in [3.63, 3.8) is 0 Å². The number of nitrogens with zero attached hydrogens (tertiary/aromatic N) is 1. The van der Waals surface area contributed by atoms with Crippen LogP contribution >= 0.6 is 39.9 Å². The molecule has 4 nitrogen and oxygen atoms in total. The van der Waals surface area contributed by atoms with E-state index in [-0.39, 0.29) is 29.8 Å². The smallest absolute Gasteiger partial charge is 0.190 e. The second-order valence-corrected chi connectivity index (χ2v) is 6.65. The van der Waals surface area contributed by atoms with Gasteiger partial charge < -0.3 is 15.4 Å². The molecule has 0 atom stereocenters. The lowest BCUT2D eigenvalue weighted by atomic mass is 10.1. The monoisotopic (exact) mass is 513 g/mol. The Morgan fingerprint density at radius 2 is 2.08 bits per heavy atom. The van der Waals surface area contributed by atoms with Crippen molar-refractivity contribution in [2.45, 2.75) is 25.7 Å². The van der Waals surface area contributed by atoms with E-state index < -0.39 is 0 Å². The SMILES string of the molecule is CN=C(NCCCOCC1CC1)NCCc1ccc(F)c(Br)c1.I. The third kappa shape index (κ3) is 8.62. The number of guanidine groups is 1. The third-order valence-electron chi connectivity index (χ3n) is 3.72. The normalized spacial score (nSPS) is 14.2. The van der Waals surface area contributed by atoms with Gasteiger partial charge in [0.25, 0.3) is 0 Å². The van der Waals surface area contributed by atoms with Gasteiger partial charge in [0.15, 0.2) is 5.96 Å². The zero-order valence-corrected chi connectivity index (χ0v) is 17.9. The molecule has 1 saturated carbocycles. The number of hydrogen-bond acceptors (Lipinski definition) is 2. The Morgan fingerprint density at radius 1 is 1.33 bits per heavy atom. The highest BCUT2D eigenvalue weighted by Crippen LogP contribution is 2.28. The summed E-state index contributed by atoms with van der Waals surface area (Å²) >= 11 is 3.20. The van der Waals surface area contributed by atoms with Crippen LogP contribution in [0.4, 0.5) is 4.39 Å². The molecule has 1 aromatic rings. The molecule has 136 valence electrons. The van der Waals surface area contributed by atoms with Crippen LogP contribution in [-0.4, -0.2) is 39.3 Å². The summed E-state index contributed by atoms with van der Waals surface area (Å²) < 4.78 is 19.3. The van der Waals surface area contributed by atoms with E-state index in [0.717, 1.165) is 56.6 Å². The maximum atomic E-state index is 13.2. The largest absolute Gasteiger partial charge is 0.381 e. The van der Waals surface area contributed by atoms with Gasteiger partial charge in [-0.2, -0.15) is 0 Å². The lowest BCUT2D eigenvalue weighted by Gasteiger charge is -2.12.